The van der Waals surface area contributed by atoms with Crippen LogP contribution < -0.4 is 16.4 Å². The lowest BCUT2D eigenvalue weighted by molar-refractivity contribution is -0.137. The molecule has 0 spiro atoms. The number of nitrogens with two attached hydrogens (primary N) is 1. The Bertz CT molecular complexity index is 2100. The first-order chi connectivity index (χ1) is 33.9. The van der Waals surface area contributed by atoms with Crippen LogP contribution in [0.15, 0.2) is 12.7 Å². The SMILES string of the molecule is CCCCCCCCCCC(C)CCCCCCCCCCC(=O)SCCNC(=O)CCNC(=O)C(O)C(C)(C)COP(=O)(O)OP(=O)(O)OCC1OC(n2cnc3c(N)ncnc32)C(O)C1OP(=O)(O)O. The van der Waals surface area contributed by atoms with E-state index < -0.39 is 84.6 Å². The number of imidazole rings is 1. The van der Waals surface area contributed by atoms with Crippen LogP contribution >= 0.6 is 35.2 Å². The summed E-state index contributed by atoms with van der Waals surface area (Å²) in [5, 5.41) is 26.7. The number of aliphatic hydroxyl groups is 2. The largest absolute Gasteiger partial charge is 0.481 e. The Kier molecular flexibility index (Phi) is 28.6. The molecule has 28 heteroatoms. The second kappa shape index (κ2) is 32.2. The molecule has 3 heterocycles. The van der Waals surface area contributed by atoms with Crippen LogP contribution in [-0.4, -0.2) is 123 Å². The average Bonchev–Trinajstić information content (AvgIpc) is 3.87. The number of rotatable bonds is 39. The molecule has 72 heavy (non-hydrogen) atoms. The molecule has 2 aromatic heterocycles. The molecule has 0 aromatic carbocycles. The van der Waals surface area contributed by atoms with E-state index in [4.69, 9.17) is 19.5 Å². The molecule has 2 aromatic rings. The van der Waals surface area contributed by atoms with E-state index in [1.807, 2.05) is 0 Å². The van der Waals surface area contributed by atoms with Crippen molar-refractivity contribution in [2.24, 2.45) is 11.3 Å². The Morgan fingerprint density at radius 2 is 1.42 bits per heavy atom. The van der Waals surface area contributed by atoms with Crippen molar-refractivity contribution in [3.63, 3.8) is 0 Å². The molecule has 0 aliphatic carbocycles. The van der Waals surface area contributed by atoms with Crippen LogP contribution in [0.5, 0.6) is 0 Å². The smallest absolute Gasteiger partial charge is 0.386 e. The number of thioether (sulfide) groups is 1. The molecule has 2 amide bonds. The minimum atomic E-state index is -5.58. The van der Waals surface area contributed by atoms with Gasteiger partial charge in [-0.05, 0) is 12.3 Å². The van der Waals surface area contributed by atoms with Crippen LogP contribution in [0.25, 0.3) is 11.2 Å². The first kappa shape index (κ1) is 63.8. The maximum Gasteiger partial charge on any atom is 0.481 e. The van der Waals surface area contributed by atoms with Gasteiger partial charge in [-0.25, -0.2) is 28.6 Å². The lowest BCUT2D eigenvalue weighted by atomic mass is 9.87. The Morgan fingerprint density at radius 3 is 2.03 bits per heavy atom. The standard InChI is InChI=1S/C44H80N7O17P3S/c1-5-6-7-8-9-12-15-18-21-32(2)22-19-16-13-10-11-14-17-20-23-35(53)72-27-26-46-34(52)24-25-47-42(56)39(55)44(3,4)29-65-71(62,63)68-70(60,61)64-28-33-38(67-69(57,58)59)37(54)43(66-33)51-31-50-36-40(45)48-30-49-41(36)51/h30-33,37-39,43,54-55H,5-29H2,1-4H3,(H,46,52)(H,47,56)(H,60,61)(H,62,63)(H2,45,48,49)(H2,57,58,59). The number of unbranched alkanes of at least 4 members (excludes halogenated alkanes) is 14. The first-order valence-electron chi connectivity index (χ1n) is 25.0. The van der Waals surface area contributed by atoms with Gasteiger partial charge in [0.1, 0.15) is 36.3 Å². The first-order valence-corrected chi connectivity index (χ1v) is 30.5. The lowest BCUT2D eigenvalue weighted by Crippen LogP contribution is -2.46. The molecule has 1 fully saturated rings. The van der Waals surface area contributed by atoms with E-state index in [-0.39, 0.29) is 41.6 Å². The van der Waals surface area contributed by atoms with Crippen LogP contribution in [0.3, 0.4) is 0 Å². The third-order valence-electron chi connectivity index (χ3n) is 12.1. The Balaban J connectivity index is 1.25. The van der Waals surface area contributed by atoms with Gasteiger partial charge in [0, 0.05) is 37.1 Å². The molecule has 1 saturated heterocycles. The van der Waals surface area contributed by atoms with E-state index in [0.29, 0.717) is 12.2 Å². The van der Waals surface area contributed by atoms with Gasteiger partial charge in [-0.3, -0.25) is 32.5 Å². The minimum Gasteiger partial charge on any atom is -0.386 e. The number of nitrogen functional groups attached to an aromatic ring is 1. The maximum atomic E-state index is 12.8. The third-order valence-corrected chi connectivity index (χ3v) is 16.2. The van der Waals surface area contributed by atoms with Crippen LogP contribution in [0, 0.1) is 11.3 Å². The number of nitrogens with one attached hydrogen (secondary N) is 2. The molecule has 0 saturated carbocycles. The number of nitrogens with zero attached hydrogens (tertiary/aromatic N) is 4. The Morgan fingerprint density at radius 1 is 0.833 bits per heavy atom. The van der Waals surface area contributed by atoms with Crippen molar-refractivity contribution in [3.05, 3.63) is 12.7 Å². The molecule has 8 atom stereocenters. The zero-order chi connectivity index (χ0) is 53.4. The van der Waals surface area contributed by atoms with Gasteiger partial charge in [0.2, 0.25) is 11.8 Å². The second-order valence-electron chi connectivity index (χ2n) is 19.0. The van der Waals surface area contributed by atoms with E-state index >= 15 is 0 Å². The Hall–Kier alpha value is -2.44. The molecule has 24 nitrogen and oxygen atoms in total. The summed E-state index contributed by atoms with van der Waals surface area (Å²) < 4.78 is 62.5. The fourth-order valence-electron chi connectivity index (χ4n) is 7.96. The summed E-state index contributed by atoms with van der Waals surface area (Å²) in [5.74, 6) is -0.192. The number of amides is 2. The molecular formula is C44H80N7O17P3S. The molecule has 1 aliphatic rings. The highest BCUT2D eigenvalue weighted by Gasteiger charge is 2.50. The van der Waals surface area contributed by atoms with Crippen LogP contribution in [0.4, 0.5) is 5.82 Å². The highest BCUT2D eigenvalue weighted by Crippen LogP contribution is 2.61. The number of aliphatic hydroxyl groups excluding tert-OH is 2. The predicted molar refractivity (Wildman–Crippen MR) is 270 cm³/mol. The number of phosphoric acid groups is 3. The zero-order valence-corrected chi connectivity index (χ0v) is 45.6. The van der Waals surface area contributed by atoms with Gasteiger partial charge >= 0.3 is 23.5 Å². The zero-order valence-electron chi connectivity index (χ0n) is 42.1. The maximum absolute atomic E-state index is 12.8. The molecule has 10 N–H and O–H groups in total. The lowest BCUT2D eigenvalue weighted by Gasteiger charge is -2.30. The van der Waals surface area contributed by atoms with E-state index in [9.17, 15) is 57.9 Å². The van der Waals surface area contributed by atoms with Crippen molar-refractivity contribution in [3.8, 4) is 0 Å². The predicted octanol–water partition coefficient (Wildman–Crippen LogP) is 6.73. The van der Waals surface area contributed by atoms with Gasteiger partial charge in [-0.1, -0.05) is 149 Å². The fourth-order valence-corrected chi connectivity index (χ4v) is 11.5. The molecule has 1 aliphatic heterocycles. The summed E-state index contributed by atoms with van der Waals surface area (Å²) in [4.78, 5) is 88.6. The monoisotopic (exact) mass is 1100 g/mol. The molecule has 0 bridgehead atoms. The molecule has 3 rings (SSSR count). The number of carbonyl (C=O) groups excluding carboxylic acids is 3. The van der Waals surface area contributed by atoms with Crippen molar-refractivity contribution < 1.29 is 80.5 Å². The van der Waals surface area contributed by atoms with Crippen molar-refractivity contribution in [1.82, 2.24) is 30.2 Å². The summed E-state index contributed by atoms with van der Waals surface area (Å²) in [5.41, 5.74) is 4.30. The number of fused-ring (bicyclic) bond motifs is 1. The van der Waals surface area contributed by atoms with Crippen molar-refractivity contribution in [2.45, 2.75) is 187 Å². The average molecular weight is 1100 g/mol. The summed E-state index contributed by atoms with van der Waals surface area (Å²) in [7, 11) is -16.4. The van der Waals surface area contributed by atoms with Gasteiger partial charge in [0.05, 0.1) is 19.5 Å². The highest BCUT2D eigenvalue weighted by atomic mass is 32.2. The van der Waals surface area contributed by atoms with Crippen LogP contribution in [0.1, 0.15) is 162 Å². The van der Waals surface area contributed by atoms with E-state index in [1.54, 1.807) is 0 Å². The van der Waals surface area contributed by atoms with E-state index in [1.165, 1.54) is 110 Å². The van der Waals surface area contributed by atoms with Gasteiger partial charge in [-0.15, -0.1) is 0 Å². The van der Waals surface area contributed by atoms with Gasteiger partial charge < -0.3 is 50.9 Å². The topological polar surface area (TPSA) is 364 Å². The van der Waals surface area contributed by atoms with Crippen LogP contribution in [-0.2, 0) is 50.7 Å². The summed E-state index contributed by atoms with van der Waals surface area (Å²) in [6.07, 6.45) is 16.5. The summed E-state index contributed by atoms with van der Waals surface area (Å²) in [6, 6.07) is 0. The van der Waals surface area contributed by atoms with Crippen LogP contribution in [0.2, 0.25) is 0 Å². The molecule has 414 valence electrons. The second-order valence-corrected chi connectivity index (χ2v) is 24.4. The van der Waals surface area contributed by atoms with Crippen molar-refractivity contribution in [1.29, 1.82) is 0 Å². The summed E-state index contributed by atoms with van der Waals surface area (Å²) in [6.45, 7) is 5.24. The molecular weight excluding hydrogens is 1020 g/mol. The number of hydrogen-bond donors (Lipinski definition) is 9. The molecule has 8 unspecified atom stereocenters. The number of aromatic nitrogens is 4. The van der Waals surface area contributed by atoms with Gasteiger partial charge in [-0.2, -0.15) is 4.31 Å². The summed E-state index contributed by atoms with van der Waals surface area (Å²) >= 11 is 1.16. The number of phosphoric ester groups is 3. The minimum absolute atomic E-state index is 0.0343. The quantitative estimate of drug-likeness (QED) is 0.0247. The van der Waals surface area contributed by atoms with Gasteiger partial charge in [0.25, 0.3) is 0 Å². The number of hydrogen-bond acceptors (Lipinski definition) is 18. The number of ether oxygens (including phenoxy) is 1. The number of anilines is 1. The van der Waals surface area contributed by atoms with E-state index in [0.717, 1.165) is 54.2 Å². The van der Waals surface area contributed by atoms with Crippen molar-refractivity contribution in [2.75, 3.05) is 37.8 Å². The number of carbonyl (C=O) groups is 3. The normalized spacial score (nSPS) is 20.0. The Labute approximate surface area is 426 Å². The highest BCUT2D eigenvalue weighted by molar-refractivity contribution is 8.13. The van der Waals surface area contributed by atoms with Crippen molar-refractivity contribution >= 4 is 69.1 Å². The van der Waals surface area contributed by atoms with Gasteiger partial charge in [0.15, 0.2) is 22.8 Å². The molecule has 0 radical (unpaired) electrons. The van der Waals surface area contributed by atoms with E-state index in [2.05, 4.69) is 48.3 Å². The third kappa shape index (κ3) is 24.5. The fraction of sp³-hybridized carbons (Fsp3) is 0.818.